The number of nitrogens with zero attached hydrogens (tertiary/aromatic N) is 2. The van der Waals surface area contributed by atoms with Crippen molar-refractivity contribution in [2.24, 2.45) is 11.0 Å². The summed E-state index contributed by atoms with van der Waals surface area (Å²) in [6, 6.07) is 6.88. The SMILES string of the molecule is O=C(C(F)F)C1CC(=O)N(c2c(F)c(F)c(C(F)F)c(F)c2F)N=C1c1ccccc1. The molecule has 0 radical (unpaired) electrons. The Bertz CT molecular complexity index is 1040. The summed E-state index contributed by atoms with van der Waals surface area (Å²) in [6.07, 6.45) is -8.48. The van der Waals surface area contributed by atoms with E-state index in [0.717, 1.165) is 0 Å². The monoisotopic (exact) mass is 450 g/mol. The van der Waals surface area contributed by atoms with Crippen molar-refractivity contribution in [2.45, 2.75) is 19.3 Å². The van der Waals surface area contributed by atoms with Gasteiger partial charge in [-0.05, 0) is 5.56 Å². The van der Waals surface area contributed by atoms with Crippen LogP contribution in [0.25, 0.3) is 0 Å². The van der Waals surface area contributed by atoms with Gasteiger partial charge in [-0.3, -0.25) is 9.59 Å². The predicted molar refractivity (Wildman–Crippen MR) is 90.8 cm³/mol. The molecule has 2 aromatic rings. The van der Waals surface area contributed by atoms with Crippen LogP contribution in [0.3, 0.4) is 0 Å². The zero-order valence-electron chi connectivity index (χ0n) is 15.1. The maximum Gasteiger partial charge on any atom is 0.296 e. The zero-order chi connectivity index (χ0) is 23.0. The lowest BCUT2D eigenvalue weighted by molar-refractivity contribution is -0.134. The van der Waals surface area contributed by atoms with Gasteiger partial charge in [0.05, 0.1) is 17.2 Å². The number of benzene rings is 2. The minimum Gasteiger partial charge on any atom is -0.293 e. The van der Waals surface area contributed by atoms with Gasteiger partial charge in [0.25, 0.3) is 12.9 Å². The van der Waals surface area contributed by atoms with Crippen LogP contribution >= 0.6 is 0 Å². The van der Waals surface area contributed by atoms with Crippen molar-refractivity contribution in [3.63, 3.8) is 0 Å². The number of rotatable bonds is 5. The molecule has 0 fully saturated rings. The van der Waals surface area contributed by atoms with Gasteiger partial charge in [0, 0.05) is 6.42 Å². The van der Waals surface area contributed by atoms with Gasteiger partial charge in [-0.1, -0.05) is 30.3 Å². The normalized spacial score (nSPS) is 16.8. The molecule has 0 N–H and O–H groups in total. The molecular formula is C19H10F8N2O2. The average Bonchev–Trinajstić information content (AvgIpc) is 2.73. The minimum absolute atomic E-state index is 0.00459. The van der Waals surface area contributed by atoms with E-state index in [-0.39, 0.29) is 10.6 Å². The fourth-order valence-electron chi connectivity index (χ4n) is 3.04. The topological polar surface area (TPSA) is 49.7 Å². The number of anilines is 1. The molecule has 0 bridgehead atoms. The van der Waals surface area contributed by atoms with Gasteiger partial charge >= 0.3 is 0 Å². The lowest BCUT2D eigenvalue weighted by atomic mass is 9.88. The quantitative estimate of drug-likeness (QED) is 0.487. The first-order valence-electron chi connectivity index (χ1n) is 8.49. The lowest BCUT2D eigenvalue weighted by Crippen LogP contribution is -2.43. The van der Waals surface area contributed by atoms with Crippen molar-refractivity contribution < 1.29 is 44.7 Å². The molecular weight excluding hydrogens is 440 g/mol. The number of carbonyl (C=O) groups excluding carboxylic acids is 2. The Hall–Kier alpha value is -3.31. The molecule has 3 rings (SSSR count). The number of Topliss-reactive ketones (excluding diaryl/α,β-unsaturated/α-hetero) is 1. The highest BCUT2D eigenvalue weighted by atomic mass is 19.3. The lowest BCUT2D eigenvalue weighted by Gasteiger charge is -2.29. The van der Waals surface area contributed by atoms with Crippen LogP contribution in [0.15, 0.2) is 35.4 Å². The van der Waals surface area contributed by atoms with E-state index in [1.165, 1.54) is 30.3 Å². The minimum atomic E-state index is -3.91. The summed E-state index contributed by atoms with van der Waals surface area (Å²) in [4.78, 5) is 24.2. The van der Waals surface area contributed by atoms with Gasteiger partial charge < -0.3 is 0 Å². The standard InChI is InChI=1S/C19H10F8N2O2/c20-11-10(18(24)25)12(21)14(23)16(13(11)22)29-9(30)6-8(17(31)19(26)27)15(28-29)7-4-2-1-3-5-7/h1-5,8,18-19H,6H2. The van der Waals surface area contributed by atoms with Gasteiger partial charge in [0.2, 0.25) is 11.7 Å². The van der Waals surface area contributed by atoms with Crippen molar-refractivity contribution in [1.82, 2.24) is 0 Å². The molecule has 1 amide bonds. The number of amides is 1. The van der Waals surface area contributed by atoms with E-state index < -0.39 is 77.1 Å². The fourth-order valence-corrected chi connectivity index (χ4v) is 3.04. The molecule has 1 aliphatic rings. The smallest absolute Gasteiger partial charge is 0.293 e. The van der Waals surface area contributed by atoms with E-state index in [1.807, 2.05) is 0 Å². The molecule has 4 nitrogen and oxygen atoms in total. The maximum atomic E-state index is 14.4. The van der Waals surface area contributed by atoms with E-state index in [2.05, 4.69) is 5.10 Å². The predicted octanol–water partition coefficient (Wildman–Crippen LogP) is 4.77. The highest BCUT2D eigenvalue weighted by Gasteiger charge is 2.42. The Morgan fingerprint density at radius 3 is 1.97 bits per heavy atom. The second kappa shape index (κ2) is 8.44. The van der Waals surface area contributed by atoms with E-state index in [4.69, 9.17) is 0 Å². The van der Waals surface area contributed by atoms with E-state index in [0.29, 0.717) is 0 Å². The van der Waals surface area contributed by atoms with Crippen LogP contribution in [-0.2, 0) is 9.59 Å². The first-order valence-corrected chi connectivity index (χ1v) is 8.49. The maximum absolute atomic E-state index is 14.4. The van der Waals surface area contributed by atoms with Gasteiger partial charge in [0.15, 0.2) is 23.3 Å². The largest absolute Gasteiger partial charge is 0.296 e. The average molecular weight is 450 g/mol. The summed E-state index contributed by atoms with van der Waals surface area (Å²) < 4.78 is 108. The van der Waals surface area contributed by atoms with Crippen LogP contribution in [0.5, 0.6) is 0 Å². The molecule has 31 heavy (non-hydrogen) atoms. The van der Waals surface area contributed by atoms with E-state index in [1.54, 1.807) is 0 Å². The number of ketones is 1. The second-order valence-electron chi connectivity index (χ2n) is 6.34. The van der Waals surface area contributed by atoms with Gasteiger partial charge in [-0.2, -0.15) is 10.1 Å². The molecule has 0 saturated heterocycles. The summed E-state index contributed by atoms with van der Waals surface area (Å²) in [5.74, 6) is -14.5. The van der Waals surface area contributed by atoms with Crippen LogP contribution in [0.1, 0.15) is 24.0 Å². The summed E-state index contributed by atoms with van der Waals surface area (Å²) in [6.45, 7) is 0. The Morgan fingerprint density at radius 2 is 1.48 bits per heavy atom. The Morgan fingerprint density at radius 1 is 0.935 bits per heavy atom. The second-order valence-corrected chi connectivity index (χ2v) is 6.34. The molecule has 1 aliphatic heterocycles. The van der Waals surface area contributed by atoms with Crippen LogP contribution in [0.4, 0.5) is 40.8 Å². The third-order valence-electron chi connectivity index (χ3n) is 4.49. The molecule has 0 saturated carbocycles. The van der Waals surface area contributed by atoms with Gasteiger partial charge in [0.1, 0.15) is 5.69 Å². The molecule has 2 aromatic carbocycles. The molecule has 1 unspecified atom stereocenters. The Labute approximate surface area is 168 Å². The first kappa shape index (κ1) is 22.4. The third kappa shape index (κ3) is 3.89. The Kier molecular flexibility index (Phi) is 6.09. The van der Waals surface area contributed by atoms with Crippen LogP contribution in [0.2, 0.25) is 0 Å². The van der Waals surface area contributed by atoms with Crippen molar-refractivity contribution >= 4 is 23.1 Å². The number of hydrogen-bond acceptors (Lipinski definition) is 3. The molecule has 12 heteroatoms. The molecule has 0 aromatic heterocycles. The first-order chi connectivity index (χ1) is 14.6. The number of halogens is 8. The van der Waals surface area contributed by atoms with Crippen molar-refractivity contribution in [3.8, 4) is 0 Å². The summed E-state index contributed by atoms with van der Waals surface area (Å²) in [7, 11) is 0. The number of alkyl halides is 4. The van der Waals surface area contributed by atoms with Crippen LogP contribution < -0.4 is 5.01 Å². The zero-order valence-corrected chi connectivity index (χ0v) is 15.1. The van der Waals surface area contributed by atoms with Crippen molar-refractivity contribution in [2.75, 3.05) is 5.01 Å². The summed E-state index contributed by atoms with van der Waals surface area (Å²) in [5, 5.41) is 3.35. The third-order valence-corrected chi connectivity index (χ3v) is 4.49. The number of carbonyl (C=O) groups is 2. The van der Waals surface area contributed by atoms with E-state index in [9.17, 15) is 44.7 Å². The summed E-state index contributed by atoms with van der Waals surface area (Å²) >= 11 is 0. The molecule has 164 valence electrons. The van der Waals surface area contributed by atoms with E-state index >= 15 is 0 Å². The molecule has 1 atom stereocenters. The fraction of sp³-hybridized carbons (Fsp3) is 0.211. The highest BCUT2D eigenvalue weighted by Crippen LogP contribution is 2.37. The summed E-state index contributed by atoms with van der Waals surface area (Å²) in [5.41, 5.74) is -4.45. The van der Waals surface area contributed by atoms with Crippen molar-refractivity contribution in [3.05, 3.63) is 64.7 Å². The molecule has 0 spiro atoms. The van der Waals surface area contributed by atoms with Crippen LogP contribution in [0, 0.1) is 29.2 Å². The Balaban J connectivity index is 2.24. The molecule has 1 heterocycles. The van der Waals surface area contributed by atoms with Gasteiger partial charge in [-0.15, -0.1) is 0 Å². The molecule has 0 aliphatic carbocycles. The van der Waals surface area contributed by atoms with Gasteiger partial charge in [-0.25, -0.2) is 35.1 Å². The van der Waals surface area contributed by atoms with Crippen molar-refractivity contribution in [1.29, 1.82) is 0 Å². The highest BCUT2D eigenvalue weighted by molar-refractivity contribution is 6.19. The number of hydrogen-bond donors (Lipinski definition) is 0. The van der Waals surface area contributed by atoms with Crippen LogP contribution in [-0.4, -0.2) is 23.8 Å². The number of hydrazone groups is 1.